The Kier molecular flexibility index (Phi) is 8.62. The molecular formula is C14H24N2O2. The molecular weight excluding hydrogens is 228 g/mol. The molecule has 0 aromatic heterocycles. The highest BCUT2D eigenvalue weighted by Crippen LogP contribution is 2.08. The molecule has 0 saturated carbocycles. The van der Waals surface area contributed by atoms with Gasteiger partial charge in [-0.2, -0.15) is 0 Å². The van der Waals surface area contributed by atoms with Crippen molar-refractivity contribution in [2.24, 2.45) is 4.99 Å². The first-order valence-electron chi connectivity index (χ1n) is 6.45. The first-order chi connectivity index (χ1) is 8.60. The van der Waals surface area contributed by atoms with E-state index in [1.165, 1.54) is 12.3 Å². The van der Waals surface area contributed by atoms with Crippen LogP contribution in [0.5, 0.6) is 0 Å². The van der Waals surface area contributed by atoms with E-state index in [1.807, 2.05) is 6.92 Å². The third-order valence-corrected chi connectivity index (χ3v) is 2.64. The molecule has 0 aliphatic rings. The van der Waals surface area contributed by atoms with Crippen LogP contribution in [0.25, 0.3) is 0 Å². The summed E-state index contributed by atoms with van der Waals surface area (Å²) in [5, 5.41) is 12.5. The zero-order valence-corrected chi connectivity index (χ0v) is 11.6. The summed E-state index contributed by atoms with van der Waals surface area (Å²) in [5.41, 5.74) is 0.0162. The van der Waals surface area contributed by atoms with Crippen LogP contribution in [0, 0.1) is 0 Å². The van der Waals surface area contributed by atoms with Crippen LogP contribution in [0.1, 0.15) is 46.5 Å². The summed E-state index contributed by atoms with van der Waals surface area (Å²) in [6.07, 6.45) is 6.67. The van der Waals surface area contributed by atoms with E-state index in [0.717, 1.165) is 25.7 Å². The van der Waals surface area contributed by atoms with Gasteiger partial charge in [0.25, 0.3) is 5.91 Å². The number of aliphatic hydroxyl groups is 1. The summed E-state index contributed by atoms with van der Waals surface area (Å²) in [5.74, 6) is -0.551. The van der Waals surface area contributed by atoms with Gasteiger partial charge in [-0.15, -0.1) is 0 Å². The number of hydrogen-bond donors (Lipinski definition) is 2. The molecule has 0 aromatic rings. The summed E-state index contributed by atoms with van der Waals surface area (Å²) in [4.78, 5) is 15.9. The Morgan fingerprint density at radius 1 is 1.50 bits per heavy atom. The number of carbonyl (C=O) groups excluding carboxylic acids is 1. The summed E-state index contributed by atoms with van der Waals surface area (Å²) in [6, 6.07) is 0.122. The van der Waals surface area contributed by atoms with Crippen LogP contribution in [-0.4, -0.2) is 23.3 Å². The van der Waals surface area contributed by atoms with E-state index >= 15 is 0 Å². The van der Waals surface area contributed by atoms with E-state index < -0.39 is 0 Å². The Morgan fingerprint density at radius 3 is 2.61 bits per heavy atom. The monoisotopic (exact) mass is 252 g/mol. The number of nitrogens with one attached hydrogen (secondary N) is 1. The van der Waals surface area contributed by atoms with E-state index in [-0.39, 0.29) is 23.4 Å². The van der Waals surface area contributed by atoms with Crippen molar-refractivity contribution in [3.63, 3.8) is 0 Å². The molecule has 2 N–H and O–H groups in total. The molecule has 4 nitrogen and oxygen atoms in total. The Labute approximate surface area is 110 Å². The molecule has 0 bridgehead atoms. The number of aliphatic hydroxyl groups excluding tert-OH is 1. The standard InChI is InChI=1S/C14H24N2O2/c1-5-9-10-11(6-2)16-14(18)13(15-8-4)12(17)7-3/h7-8,11,17H,3,5-6,9-10H2,1-2,4H3,(H,16,18)/b13-12+,15-8-. The third kappa shape index (κ3) is 5.66. The highest BCUT2D eigenvalue weighted by molar-refractivity contribution is 5.95. The molecule has 0 aromatic carbocycles. The van der Waals surface area contributed by atoms with Crippen molar-refractivity contribution in [1.29, 1.82) is 0 Å². The van der Waals surface area contributed by atoms with Crippen molar-refractivity contribution in [3.8, 4) is 0 Å². The van der Waals surface area contributed by atoms with Crippen molar-refractivity contribution in [1.82, 2.24) is 5.32 Å². The molecule has 1 atom stereocenters. The maximum absolute atomic E-state index is 12.0. The molecule has 0 saturated heterocycles. The van der Waals surface area contributed by atoms with Crippen LogP contribution >= 0.6 is 0 Å². The van der Waals surface area contributed by atoms with Gasteiger partial charge in [0.1, 0.15) is 5.76 Å². The maximum Gasteiger partial charge on any atom is 0.273 e. The van der Waals surface area contributed by atoms with Gasteiger partial charge in [-0.3, -0.25) is 9.79 Å². The summed E-state index contributed by atoms with van der Waals surface area (Å²) >= 11 is 0. The lowest BCUT2D eigenvalue weighted by Crippen LogP contribution is -2.35. The van der Waals surface area contributed by atoms with Gasteiger partial charge >= 0.3 is 0 Å². The number of unbranched alkanes of at least 4 members (excludes halogenated alkanes) is 1. The van der Waals surface area contributed by atoms with Crippen LogP contribution < -0.4 is 5.32 Å². The highest BCUT2D eigenvalue weighted by Gasteiger charge is 2.16. The predicted molar refractivity (Wildman–Crippen MR) is 75.8 cm³/mol. The minimum atomic E-state index is -0.353. The van der Waals surface area contributed by atoms with Gasteiger partial charge in [0, 0.05) is 12.3 Å². The van der Waals surface area contributed by atoms with Gasteiger partial charge in [0.2, 0.25) is 0 Å². The minimum Gasteiger partial charge on any atom is -0.505 e. The highest BCUT2D eigenvalue weighted by atomic mass is 16.3. The van der Waals surface area contributed by atoms with Crippen molar-refractivity contribution in [3.05, 3.63) is 24.1 Å². The summed E-state index contributed by atoms with van der Waals surface area (Å²) < 4.78 is 0. The fourth-order valence-corrected chi connectivity index (χ4v) is 1.55. The van der Waals surface area contributed by atoms with Crippen LogP contribution in [-0.2, 0) is 4.79 Å². The predicted octanol–water partition coefficient (Wildman–Crippen LogP) is 3.12. The zero-order chi connectivity index (χ0) is 14.0. The van der Waals surface area contributed by atoms with E-state index in [2.05, 4.69) is 23.8 Å². The topological polar surface area (TPSA) is 61.7 Å². The Balaban J connectivity index is 4.74. The van der Waals surface area contributed by atoms with Crippen molar-refractivity contribution in [2.45, 2.75) is 52.5 Å². The molecule has 0 spiro atoms. The van der Waals surface area contributed by atoms with Crippen molar-refractivity contribution in [2.75, 3.05) is 0 Å². The van der Waals surface area contributed by atoms with Crippen LogP contribution in [0.15, 0.2) is 29.1 Å². The van der Waals surface area contributed by atoms with E-state index in [4.69, 9.17) is 0 Å². The SMILES string of the molecule is C=C/C(O)=C(\N=C/C)C(=O)NC(CC)CCCC. The third-order valence-electron chi connectivity index (χ3n) is 2.64. The first-order valence-corrected chi connectivity index (χ1v) is 6.45. The number of aliphatic imine (C=N–C) groups is 1. The van der Waals surface area contributed by atoms with Gasteiger partial charge in [-0.05, 0) is 25.8 Å². The molecule has 18 heavy (non-hydrogen) atoms. The summed E-state index contributed by atoms with van der Waals surface area (Å²) in [6.45, 7) is 9.27. The lowest BCUT2D eigenvalue weighted by molar-refractivity contribution is -0.118. The fourth-order valence-electron chi connectivity index (χ4n) is 1.55. The zero-order valence-electron chi connectivity index (χ0n) is 11.6. The second-order valence-electron chi connectivity index (χ2n) is 4.05. The van der Waals surface area contributed by atoms with Gasteiger partial charge in [-0.1, -0.05) is 33.3 Å². The van der Waals surface area contributed by atoms with Gasteiger partial charge in [0.15, 0.2) is 5.70 Å². The fraction of sp³-hybridized carbons (Fsp3) is 0.571. The molecule has 0 radical (unpaired) electrons. The average Bonchev–Trinajstić information content (AvgIpc) is 2.39. The number of amides is 1. The molecule has 0 aliphatic carbocycles. The molecule has 1 amide bonds. The number of nitrogens with zero attached hydrogens (tertiary/aromatic N) is 1. The Morgan fingerprint density at radius 2 is 2.17 bits per heavy atom. The molecule has 0 rings (SSSR count). The minimum absolute atomic E-state index is 0.0162. The lowest BCUT2D eigenvalue weighted by Gasteiger charge is -2.16. The average molecular weight is 252 g/mol. The number of hydrogen-bond acceptors (Lipinski definition) is 3. The lowest BCUT2D eigenvalue weighted by atomic mass is 10.1. The maximum atomic E-state index is 12.0. The van der Waals surface area contributed by atoms with Crippen LogP contribution in [0.2, 0.25) is 0 Å². The molecule has 1 unspecified atom stereocenters. The second kappa shape index (κ2) is 9.45. The van der Waals surface area contributed by atoms with Crippen molar-refractivity contribution >= 4 is 12.1 Å². The molecule has 102 valence electrons. The van der Waals surface area contributed by atoms with E-state index in [0.29, 0.717) is 0 Å². The molecule has 4 heteroatoms. The van der Waals surface area contributed by atoms with Gasteiger partial charge in [-0.25, -0.2) is 0 Å². The number of allylic oxidation sites excluding steroid dienone is 1. The Hall–Kier alpha value is -1.58. The van der Waals surface area contributed by atoms with E-state index in [9.17, 15) is 9.90 Å². The second-order valence-corrected chi connectivity index (χ2v) is 4.05. The number of carbonyl (C=O) groups is 1. The quantitative estimate of drug-likeness (QED) is 0.302. The first kappa shape index (κ1) is 16.4. The molecule has 0 heterocycles. The van der Waals surface area contributed by atoms with Gasteiger partial charge in [0.05, 0.1) is 0 Å². The molecule has 0 aliphatic heterocycles. The van der Waals surface area contributed by atoms with Crippen molar-refractivity contribution < 1.29 is 9.90 Å². The Bertz CT molecular complexity index is 333. The number of rotatable bonds is 8. The largest absolute Gasteiger partial charge is 0.505 e. The van der Waals surface area contributed by atoms with Crippen LogP contribution in [0.3, 0.4) is 0 Å². The normalized spacial score (nSPS) is 14.2. The van der Waals surface area contributed by atoms with E-state index in [1.54, 1.807) is 6.92 Å². The van der Waals surface area contributed by atoms with Gasteiger partial charge < -0.3 is 10.4 Å². The van der Waals surface area contributed by atoms with Crippen LogP contribution in [0.4, 0.5) is 0 Å². The summed E-state index contributed by atoms with van der Waals surface area (Å²) in [7, 11) is 0. The molecule has 0 fully saturated rings. The smallest absolute Gasteiger partial charge is 0.273 e.